The molecule has 0 saturated carbocycles. The van der Waals surface area contributed by atoms with Crippen molar-refractivity contribution in [3.8, 4) is 0 Å². The number of ether oxygens (including phenoxy) is 1. The normalized spacial score (nSPS) is 16.4. The molecule has 1 aliphatic heterocycles. The second-order valence-electron chi connectivity index (χ2n) is 3.78. The molecule has 1 aliphatic rings. The van der Waals surface area contributed by atoms with E-state index in [1.54, 1.807) is 24.3 Å². The Balaban J connectivity index is 2.11. The van der Waals surface area contributed by atoms with E-state index in [1.165, 1.54) is 6.07 Å². The summed E-state index contributed by atoms with van der Waals surface area (Å²) in [7, 11) is 0. The first kappa shape index (κ1) is 11.6. The summed E-state index contributed by atoms with van der Waals surface area (Å²) in [6, 6.07) is 6.73. The van der Waals surface area contributed by atoms with Crippen LogP contribution in [0.15, 0.2) is 30.5 Å². The van der Waals surface area contributed by atoms with E-state index in [2.05, 4.69) is 4.90 Å². The lowest BCUT2D eigenvalue weighted by Crippen LogP contribution is -2.31. The molecule has 0 aromatic heterocycles. The summed E-state index contributed by atoms with van der Waals surface area (Å²) in [5.74, 6) is 0. The van der Waals surface area contributed by atoms with Crippen LogP contribution in [0, 0.1) is 10.1 Å². The topological polar surface area (TPSA) is 55.6 Å². The molecule has 0 bridgehead atoms. The smallest absolute Gasteiger partial charge is 0.276 e. The zero-order valence-corrected chi connectivity index (χ0v) is 9.41. The van der Waals surface area contributed by atoms with Crippen molar-refractivity contribution in [2.75, 3.05) is 26.3 Å². The zero-order valence-electron chi connectivity index (χ0n) is 9.41. The van der Waals surface area contributed by atoms with Gasteiger partial charge in [-0.15, -0.1) is 0 Å². The highest BCUT2D eigenvalue weighted by atomic mass is 16.6. The molecule has 17 heavy (non-hydrogen) atoms. The first-order valence-electron chi connectivity index (χ1n) is 5.51. The van der Waals surface area contributed by atoms with E-state index < -0.39 is 0 Å². The standard InChI is InChI=1S/C12H14N2O3/c15-14(16)12-4-2-1-3-11(12)5-6-13-7-9-17-10-8-13/h1-6H,7-10H2/b6-5+. The van der Waals surface area contributed by atoms with Gasteiger partial charge in [0, 0.05) is 25.4 Å². The summed E-state index contributed by atoms with van der Waals surface area (Å²) in [6.45, 7) is 3.08. The molecule has 1 heterocycles. The third kappa shape index (κ3) is 3.04. The van der Waals surface area contributed by atoms with Gasteiger partial charge in [-0.25, -0.2) is 0 Å². The Morgan fingerprint density at radius 2 is 2.00 bits per heavy atom. The summed E-state index contributed by atoms with van der Waals surface area (Å²) >= 11 is 0. The van der Waals surface area contributed by atoms with E-state index in [4.69, 9.17) is 4.74 Å². The van der Waals surface area contributed by atoms with E-state index in [1.807, 2.05) is 6.20 Å². The van der Waals surface area contributed by atoms with Crippen molar-refractivity contribution in [1.29, 1.82) is 0 Å². The molecule has 1 aromatic rings. The van der Waals surface area contributed by atoms with Crippen molar-refractivity contribution in [1.82, 2.24) is 4.90 Å². The predicted molar refractivity (Wildman–Crippen MR) is 64.5 cm³/mol. The van der Waals surface area contributed by atoms with Crippen LogP contribution < -0.4 is 0 Å². The van der Waals surface area contributed by atoms with Gasteiger partial charge in [0.05, 0.1) is 23.7 Å². The second-order valence-corrected chi connectivity index (χ2v) is 3.78. The Bertz CT molecular complexity index is 426. The Kier molecular flexibility index (Phi) is 3.72. The summed E-state index contributed by atoms with van der Waals surface area (Å²) in [5, 5.41) is 10.8. The lowest BCUT2D eigenvalue weighted by atomic mass is 10.2. The van der Waals surface area contributed by atoms with E-state index in [-0.39, 0.29) is 10.6 Å². The summed E-state index contributed by atoms with van der Waals surface area (Å²) in [6.07, 6.45) is 3.67. The molecule has 0 radical (unpaired) electrons. The number of nitrogens with zero attached hydrogens (tertiary/aromatic N) is 2. The number of para-hydroxylation sites is 1. The Morgan fingerprint density at radius 1 is 1.29 bits per heavy atom. The largest absolute Gasteiger partial charge is 0.378 e. The van der Waals surface area contributed by atoms with E-state index in [0.29, 0.717) is 18.8 Å². The van der Waals surface area contributed by atoms with Gasteiger partial charge in [0.15, 0.2) is 0 Å². The molecule has 5 heteroatoms. The van der Waals surface area contributed by atoms with E-state index >= 15 is 0 Å². The van der Waals surface area contributed by atoms with Crippen molar-refractivity contribution in [3.63, 3.8) is 0 Å². The maximum absolute atomic E-state index is 10.8. The van der Waals surface area contributed by atoms with Crippen LogP contribution in [0.3, 0.4) is 0 Å². The highest BCUT2D eigenvalue weighted by molar-refractivity contribution is 5.60. The number of nitro benzene ring substituents is 1. The van der Waals surface area contributed by atoms with Crippen molar-refractivity contribution in [3.05, 3.63) is 46.1 Å². The molecular weight excluding hydrogens is 220 g/mol. The quantitative estimate of drug-likeness (QED) is 0.592. The van der Waals surface area contributed by atoms with Gasteiger partial charge in [-0.1, -0.05) is 12.1 Å². The average Bonchev–Trinajstić information content (AvgIpc) is 2.38. The van der Waals surface area contributed by atoms with Crippen molar-refractivity contribution in [2.45, 2.75) is 0 Å². The number of benzene rings is 1. The predicted octanol–water partition coefficient (Wildman–Crippen LogP) is 1.90. The fraction of sp³-hybridized carbons (Fsp3) is 0.333. The van der Waals surface area contributed by atoms with Gasteiger partial charge in [-0.05, 0) is 12.1 Å². The molecule has 0 N–H and O–H groups in total. The maximum Gasteiger partial charge on any atom is 0.276 e. The molecule has 0 aliphatic carbocycles. The summed E-state index contributed by atoms with van der Waals surface area (Å²) in [4.78, 5) is 12.5. The molecule has 0 spiro atoms. The van der Waals surface area contributed by atoms with Gasteiger partial charge in [-0.3, -0.25) is 10.1 Å². The van der Waals surface area contributed by atoms with Crippen molar-refractivity contribution in [2.24, 2.45) is 0 Å². The minimum atomic E-state index is -0.362. The van der Waals surface area contributed by atoms with Gasteiger partial charge in [0.2, 0.25) is 0 Å². The SMILES string of the molecule is O=[N+]([O-])c1ccccc1/C=C/N1CCOCC1. The van der Waals surface area contributed by atoms with Gasteiger partial charge in [-0.2, -0.15) is 0 Å². The van der Waals surface area contributed by atoms with Crippen molar-refractivity contribution < 1.29 is 9.66 Å². The van der Waals surface area contributed by atoms with Crippen LogP contribution in [0.4, 0.5) is 5.69 Å². The van der Waals surface area contributed by atoms with E-state index in [0.717, 1.165) is 13.1 Å². The monoisotopic (exact) mass is 234 g/mol. The molecular formula is C12H14N2O3. The van der Waals surface area contributed by atoms with Crippen LogP contribution in [-0.4, -0.2) is 36.1 Å². The Labute approximate surface area is 99.5 Å². The van der Waals surface area contributed by atoms with Crippen LogP contribution >= 0.6 is 0 Å². The second kappa shape index (κ2) is 5.45. The minimum absolute atomic E-state index is 0.136. The van der Waals surface area contributed by atoms with Gasteiger partial charge < -0.3 is 9.64 Å². The zero-order chi connectivity index (χ0) is 12.1. The fourth-order valence-corrected chi connectivity index (χ4v) is 1.71. The summed E-state index contributed by atoms with van der Waals surface area (Å²) in [5.41, 5.74) is 0.765. The molecule has 1 fully saturated rings. The van der Waals surface area contributed by atoms with Gasteiger partial charge in [0.25, 0.3) is 5.69 Å². The van der Waals surface area contributed by atoms with Crippen LogP contribution in [0.5, 0.6) is 0 Å². The lowest BCUT2D eigenvalue weighted by Gasteiger charge is -2.24. The third-order valence-corrected chi connectivity index (χ3v) is 2.64. The van der Waals surface area contributed by atoms with Crippen LogP contribution in [-0.2, 0) is 4.74 Å². The van der Waals surface area contributed by atoms with Gasteiger partial charge >= 0.3 is 0 Å². The summed E-state index contributed by atoms with van der Waals surface area (Å²) < 4.78 is 5.23. The third-order valence-electron chi connectivity index (χ3n) is 2.64. The first-order valence-corrected chi connectivity index (χ1v) is 5.51. The molecule has 0 atom stereocenters. The maximum atomic E-state index is 10.8. The molecule has 1 saturated heterocycles. The number of hydrogen-bond donors (Lipinski definition) is 0. The molecule has 90 valence electrons. The Morgan fingerprint density at radius 3 is 2.71 bits per heavy atom. The Hall–Kier alpha value is -1.88. The number of nitro groups is 1. The molecule has 1 aromatic carbocycles. The molecule has 5 nitrogen and oxygen atoms in total. The average molecular weight is 234 g/mol. The first-order chi connectivity index (χ1) is 8.27. The number of morpholine rings is 1. The van der Waals surface area contributed by atoms with E-state index in [9.17, 15) is 10.1 Å². The highest BCUT2D eigenvalue weighted by Crippen LogP contribution is 2.19. The minimum Gasteiger partial charge on any atom is -0.378 e. The van der Waals surface area contributed by atoms with Crippen LogP contribution in [0.25, 0.3) is 6.08 Å². The number of rotatable bonds is 3. The molecule has 0 amide bonds. The van der Waals surface area contributed by atoms with Crippen molar-refractivity contribution >= 4 is 11.8 Å². The molecule has 2 rings (SSSR count). The fourth-order valence-electron chi connectivity index (χ4n) is 1.71. The lowest BCUT2D eigenvalue weighted by molar-refractivity contribution is -0.385. The van der Waals surface area contributed by atoms with Crippen LogP contribution in [0.2, 0.25) is 0 Å². The van der Waals surface area contributed by atoms with Gasteiger partial charge in [0.1, 0.15) is 0 Å². The highest BCUT2D eigenvalue weighted by Gasteiger charge is 2.10. The molecule has 0 unspecified atom stereocenters. The van der Waals surface area contributed by atoms with Crippen LogP contribution in [0.1, 0.15) is 5.56 Å². The number of hydrogen-bond acceptors (Lipinski definition) is 4.